The molecular formula is C14H19N3O2. The van der Waals surface area contributed by atoms with Crippen molar-refractivity contribution in [2.45, 2.75) is 20.3 Å². The number of hydrogen-bond donors (Lipinski definition) is 2. The number of pyridine rings is 1. The van der Waals surface area contributed by atoms with Gasteiger partial charge >= 0.3 is 0 Å². The van der Waals surface area contributed by atoms with Gasteiger partial charge in [-0.1, -0.05) is 13.0 Å². The van der Waals surface area contributed by atoms with Crippen molar-refractivity contribution in [3.63, 3.8) is 0 Å². The van der Waals surface area contributed by atoms with E-state index >= 15 is 0 Å². The molecule has 1 rings (SSSR count). The number of rotatable bonds is 6. The molecule has 0 spiro atoms. The van der Waals surface area contributed by atoms with Gasteiger partial charge in [-0.2, -0.15) is 0 Å². The lowest BCUT2D eigenvalue weighted by molar-refractivity contribution is -0.117. The minimum Gasteiger partial charge on any atom is -0.351 e. The monoisotopic (exact) mass is 261 g/mol. The second kappa shape index (κ2) is 8.02. The van der Waals surface area contributed by atoms with Gasteiger partial charge in [-0.05, 0) is 25.5 Å². The van der Waals surface area contributed by atoms with Gasteiger partial charge in [0.2, 0.25) is 5.91 Å². The maximum Gasteiger partial charge on any atom is 0.252 e. The lowest BCUT2D eigenvalue weighted by atomic mass is 10.2. The predicted octanol–water partition coefficient (Wildman–Crippen LogP) is 1.28. The highest BCUT2D eigenvalue weighted by Gasteiger charge is 2.05. The number of nitrogens with zero attached hydrogens (tertiary/aromatic N) is 1. The molecule has 2 amide bonds. The van der Waals surface area contributed by atoms with Crippen LogP contribution in [0.2, 0.25) is 0 Å². The molecule has 102 valence electrons. The van der Waals surface area contributed by atoms with E-state index in [0.29, 0.717) is 24.2 Å². The summed E-state index contributed by atoms with van der Waals surface area (Å²) in [5.41, 5.74) is 1.21. The van der Waals surface area contributed by atoms with Crippen LogP contribution in [0, 0.1) is 0 Å². The Morgan fingerprint density at radius 1 is 1.32 bits per heavy atom. The molecule has 0 aromatic carbocycles. The Kier molecular flexibility index (Phi) is 6.29. The average Bonchev–Trinajstić information content (AvgIpc) is 2.44. The maximum atomic E-state index is 11.7. The van der Waals surface area contributed by atoms with Gasteiger partial charge in [-0.25, -0.2) is 0 Å². The minimum atomic E-state index is -0.192. The number of nitrogens with one attached hydrogen (secondary N) is 2. The molecule has 1 heterocycles. The molecular weight excluding hydrogens is 242 g/mol. The quantitative estimate of drug-likeness (QED) is 0.598. The molecule has 0 unspecified atom stereocenters. The van der Waals surface area contributed by atoms with Crippen molar-refractivity contribution in [1.82, 2.24) is 15.6 Å². The molecule has 0 aliphatic carbocycles. The van der Waals surface area contributed by atoms with Crippen molar-refractivity contribution in [3.8, 4) is 0 Å². The zero-order chi connectivity index (χ0) is 14.1. The molecule has 0 aliphatic heterocycles. The Balaban J connectivity index is 2.27. The Bertz CT molecular complexity index is 455. The van der Waals surface area contributed by atoms with E-state index in [1.54, 1.807) is 25.3 Å². The van der Waals surface area contributed by atoms with Crippen molar-refractivity contribution in [3.05, 3.63) is 41.7 Å². The van der Waals surface area contributed by atoms with Crippen LogP contribution < -0.4 is 10.6 Å². The van der Waals surface area contributed by atoms with Gasteiger partial charge < -0.3 is 10.6 Å². The molecule has 0 radical (unpaired) electrons. The molecule has 0 saturated heterocycles. The highest BCUT2D eigenvalue weighted by atomic mass is 16.2. The summed E-state index contributed by atoms with van der Waals surface area (Å²) in [5, 5.41) is 5.45. The highest BCUT2D eigenvalue weighted by Crippen LogP contribution is 1.95. The predicted molar refractivity (Wildman–Crippen MR) is 73.6 cm³/mol. The molecule has 2 N–H and O–H groups in total. The van der Waals surface area contributed by atoms with Crippen LogP contribution in [0.5, 0.6) is 0 Å². The van der Waals surface area contributed by atoms with Crippen molar-refractivity contribution >= 4 is 11.8 Å². The van der Waals surface area contributed by atoms with Gasteiger partial charge in [0.25, 0.3) is 5.91 Å². The molecule has 5 nitrogen and oxygen atoms in total. The standard InChI is InChI=1S/C14H19N3O2/c1-3-5-11(2)13(18)16-8-9-17-14(19)12-6-4-7-15-10-12/h4-7,10H,3,8-9H2,1-2H3,(H,16,18)(H,17,19)/b11-5-. The molecule has 0 atom stereocenters. The first kappa shape index (κ1) is 14.9. The van der Waals surface area contributed by atoms with Crippen molar-refractivity contribution < 1.29 is 9.59 Å². The number of carbonyl (C=O) groups excluding carboxylic acids is 2. The largest absolute Gasteiger partial charge is 0.351 e. The van der Waals surface area contributed by atoms with Gasteiger partial charge in [-0.15, -0.1) is 0 Å². The molecule has 0 aliphatic rings. The fraction of sp³-hybridized carbons (Fsp3) is 0.357. The number of aromatic nitrogens is 1. The van der Waals surface area contributed by atoms with Crippen molar-refractivity contribution in [1.29, 1.82) is 0 Å². The molecule has 1 aromatic rings. The maximum absolute atomic E-state index is 11.7. The molecule has 19 heavy (non-hydrogen) atoms. The van der Waals surface area contributed by atoms with E-state index in [2.05, 4.69) is 15.6 Å². The van der Waals surface area contributed by atoms with Gasteiger partial charge in [0.05, 0.1) is 5.56 Å². The molecule has 0 saturated carbocycles. The summed E-state index contributed by atoms with van der Waals surface area (Å²) >= 11 is 0. The van der Waals surface area contributed by atoms with Gasteiger partial charge in [0.1, 0.15) is 0 Å². The number of hydrogen-bond acceptors (Lipinski definition) is 3. The van der Waals surface area contributed by atoms with Gasteiger partial charge in [0, 0.05) is 31.1 Å². The summed E-state index contributed by atoms with van der Waals surface area (Å²) in [5.74, 6) is -0.291. The van der Waals surface area contributed by atoms with Crippen LogP contribution in [0.4, 0.5) is 0 Å². The number of amides is 2. The first-order valence-electron chi connectivity index (χ1n) is 6.28. The van der Waals surface area contributed by atoms with Crippen LogP contribution in [0.1, 0.15) is 30.6 Å². The van der Waals surface area contributed by atoms with Crippen LogP contribution in [-0.2, 0) is 4.79 Å². The van der Waals surface area contributed by atoms with E-state index < -0.39 is 0 Å². The Labute approximate surface area is 113 Å². The summed E-state index contributed by atoms with van der Waals surface area (Å²) in [6, 6.07) is 3.39. The fourth-order valence-electron chi connectivity index (χ4n) is 1.49. The van der Waals surface area contributed by atoms with Gasteiger partial charge in [-0.3, -0.25) is 14.6 Å². The van der Waals surface area contributed by atoms with Crippen LogP contribution in [0.3, 0.4) is 0 Å². The second-order valence-corrected chi connectivity index (χ2v) is 4.05. The molecule has 0 bridgehead atoms. The van der Waals surface area contributed by atoms with Crippen LogP contribution >= 0.6 is 0 Å². The first-order valence-corrected chi connectivity index (χ1v) is 6.28. The normalized spacial score (nSPS) is 10.9. The second-order valence-electron chi connectivity index (χ2n) is 4.05. The Hall–Kier alpha value is -2.17. The lowest BCUT2D eigenvalue weighted by Gasteiger charge is -2.07. The Morgan fingerprint density at radius 2 is 2.05 bits per heavy atom. The summed E-state index contributed by atoms with van der Waals surface area (Å²) in [4.78, 5) is 27.1. The zero-order valence-electron chi connectivity index (χ0n) is 11.3. The first-order chi connectivity index (χ1) is 9.15. The van der Waals surface area contributed by atoms with E-state index in [4.69, 9.17) is 0 Å². The Morgan fingerprint density at radius 3 is 2.68 bits per heavy atom. The molecule has 5 heteroatoms. The lowest BCUT2D eigenvalue weighted by Crippen LogP contribution is -2.35. The number of allylic oxidation sites excluding steroid dienone is 1. The van der Waals surface area contributed by atoms with E-state index in [-0.39, 0.29) is 11.8 Å². The molecule has 0 fully saturated rings. The van der Waals surface area contributed by atoms with Gasteiger partial charge in [0.15, 0.2) is 0 Å². The topological polar surface area (TPSA) is 71.1 Å². The van der Waals surface area contributed by atoms with Crippen molar-refractivity contribution in [2.24, 2.45) is 0 Å². The van der Waals surface area contributed by atoms with E-state index in [0.717, 1.165) is 6.42 Å². The third-order valence-corrected chi connectivity index (χ3v) is 2.49. The van der Waals surface area contributed by atoms with Crippen LogP contribution in [-0.4, -0.2) is 29.9 Å². The average molecular weight is 261 g/mol. The summed E-state index contributed by atoms with van der Waals surface area (Å²) < 4.78 is 0. The molecule has 1 aromatic heterocycles. The minimum absolute atomic E-state index is 0.0996. The summed E-state index contributed by atoms with van der Waals surface area (Å²) in [7, 11) is 0. The summed E-state index contributed by atoms with van der Waals surface area (Å²) in [6.07, 6.45) is 5.81. The third-order valence-electron chi connectivity index (χ3n) is 2.49. The highest BCUT2D eigenvalue weighted by molar-refractivity contribution is 5.94. The zero-order valence-corrected chi connectivity index (χ0v) is 11.3. The third kappa shape index (κ3) is 5.33. The van der Waals surface area contributed by atoms with E-state index in [1.165, 1.54) is 6.20 Å². The van der Waals surface area contributed by atoms with Crippen LogP contribution in [0.15, 0.2) is 36.2 Å². The smallest absolute Gasteiger partial charge is 0.252 e. The fourth-order valence-corrected chi connectivity index (χ4v) is 1.49. The summed E-state index contributed by atoms with van der Waals surface area (Å²) in [6.45, 7) is 4.54. The number of carbonyl (C=O) groups is 2. The van der Waals surface area contributed by atoms with E-state index in [9.17, 15) is 9.59 Å². The SMILES string of the molecule is CC/C=C(/C)C(=O)NCCNC(=O)c1cccnc1. The van der Waals surface area contributed by atoms with Crippen molar-refractivity contribution in [2.75, 3.05) is 13.1 Å². The van der Waals surface area contributed by atoms with Crippen LogP contribution in [0.25, 0.3) is 0 Å². The van der Waals surface area contributed by atoms with E-state index in [1.807, 2.05) is 13.0 Å².